The van der Waals surface area contributed by atoms with Gasteiger partial charge in [0.25, 0.3) is 5.56 Å². The van der Waals surface area contributed by atoms with Crippen molar-refractivity contribution in [1.29, 1.82) is 0 Å². The zero-order chi connectivity index (χ0) is 18.6. The number of aromatic nitrogens is 2. The molecule has 4 rings (SSSR count). The van der Waals surface area contributed by atoms with Gasteiger partial charge in [0.15, 0.2) is 0 Å². The van der Waals surface area contributed by atoms with Gasteiger partial charge in [0, 0.05) is 6.04 Å². The second kappa shape index (κ2) is 7.74. The van der Waals surface area contributed by atoms with Crippen LogP contribution in [-0.2, 0) is 0 Å². The van der Waals surface area contributed by atoms with Crippen LogP contribution >= 0.6 is 0 Å². The van der Waals surface area contributed by atoms with Crippen LogP contribution in [0.1, 0.15) is 49.3 Å². The van der Waals surface area contributed by atoms with E-state index in [1.54, 1.807) is 6.21 Å². The highest BCUT2D eigenvalue weighted by atomic mass is 16.1. The monoisotopic (exact) mass is 360 g/mol. The van der Waals surface area contributed by atoms with Gasteiger partial charge in [-0.3, -0.25) is 9.36 Å². The molecule has 1 fully saturated rings. The Morgan fingerprint density at radius 1 is 1.07 bits per heavy atom. The molecular formula is C22H24N4O. The first kappa shape index (κ1) is 17.5. The van der Waals surface area contributed by atoms with Gasteiger partial charge in [-0.05, 0) is 37.5 Å². The number of hydrogen-bond acceptors (Lipinski definition) is 4. The number of para-hydroxylation sites is 1. The minimum Gasteiger partial charge on any atom is -0.274 e. The maximum Gasteiger partial charge on any atom is 0.263 e. The van der Waals surface area contributed by atoms with E-state index in [0.29, 0.717) is 16.9 Å². The molecular weight excluding hydrogens is 336 g/mol. The third kappa shape index (κ3) is 3.77. The van der Waals surface area contributed by atoms with E-state index in [2.05, 4.69) is 17.5 Å². The smallest absolute Gasteiger partial charge is 0.263 e. The summed E-state index contributed by atoms with van der Waals surface area (Å²) in [6.45, 7) is 2.06. The average Bonchev–Trinajstić information content (AvgIpc) is 2.70. The van der Waals surface area contributed by atoms with Crippen LogP contribution in [0.2, 0.25) is 0 Å². The fourth-order valence-electron chi connectivity index (χ4n) is 3.72. The lowest BCUT2D eigenvalue weighted by Gasteiger charge is -2.25. The number of benzene rings is 2. The normalized spacial score (nSPS) is 15.4. The number of rotatable bonds is 4. The summed E-state index contributed by atoms with van der Waals surface area (Å²) in [7, 11) is 0. The zero-order valence-corrected chi connectivity index (χ0v) is 15.6. The minimum absolute atomic E-state index is 0.0144. The highest BCUT2D eigenvalue weighted by molar-refractivity contribution is 5.81. The van der Waals surface area contributed by atoms with Gasteiger partial charge in [0.05, 0.1) is 17.1 Å². The minimum atomic E-state index is 0.0144. The van der Waals surface area contributed by atoms with Gasteiger partial charge in [-0.25, -0.2) is 10.4 Å². The van der Waals surface area contributed by atoms with E-state index in [9.17, 15) is 4.79 Å². The van der Waals surface area contributed by atoms with Gasteiger partial charge in [-0.2, -0.15) is 5.10 Å². The van der Waals surface area contributed by atoms with Crippen molar-refractivity contribution in [2.45, 2.75) is 45.1 Å². The summed E-state index contributed by atoms with van der Waals surface area (Å²) in [5, 5.41) is 5.01. The lowest BCUT2D eigenvalue weighted by molar-refractivity contribution is 0.348. The molecule has 2 aromatic carbocycles. The number of aryl methyl sites for hydroxylation is 1. The van der Waals surface area contributed by atoms with E-state index < -0.39 is 0 Å². The van der Waals surface area contributed by atoms with Crippen LogP contribution < -0.4 is 11.0 Å². The molecule has 27 heavy (non-hydrogen) atoms. The lowest BCUT2D eigenvalue weighted by atomic mass is 9.95. The first-order valence-electron chi connectivity index (χ1n) is 9.59. The third-order valence-electron chi connectivity index (χ3n) is 5.20. The van der Waals surface area contributed by atoms with Gasteiger partial charge >= 0.3 is 0 Å². The molecule has 0 aliphatic heterocycles. The molecule has 1 saturated carbocycles. The molecule has 0 saturated heterocycles. The number of hydrogen-bond donors (Lipinski definition) is 1. The molecule has 3 aromatic rings. The summed E-state index contributed by atoms with van der Waals surface area (Å²) in [5.41, 5.74) is 5.95. The van der Waals surface area contributed by atoms with Gasteiger partial charge in [-0.15, -0.1) is 0 Å². The molecule has 0 spiro atoms. The molecule has 1 aliphatic rings. The van der Waals surface area contributed by atoms with Crippen molar-refractivity contribution >= 4 is 23.1 Å². The van der Waals surface area contributed by atoms with Gasteiger partial charge < -0.3 is 0 Å². The summed E-state index contributed by atoms with van der Waals surface area (Å²) in [5.74, 6) is 0.522. The number of fused-ring (bicyclic) bond motifs is 1. The first-order valence-corrected chi connectivity index (χ1v) is 9.59. The van der Waals surface area contributed by atoms with E-state index in [0.717, 1.165) is 31.2 Å². The van der Waals surface area contributed by atoms with E-state index in [1.807, 2.05) is 53.1 Å². The van der Waals surface area contributed by atoms with Crippen molar-refractivity contribution < 1.29 is 0 Å². The largest absolute Gasteiger partial charge is 0.274 e. The van der Waals surface area contributed by atoms with Crippen molar-refractivity contribution in [2.24, 2.45) is 5.10 Å². The van der Waals surface area contributed by atoms with Crippen molar-refractivity contribution in [1.82, 2.24) is 9.55 Å². The summed E-state index contributed by atoms with van der Waals surface area (Å²) in [6, 6.07) is 15.8. The van der Waals surface area contributed by atoms with E-state index in [-0.39, 0.29) is 11.6 Å². The van der Waals surface area contributed by atoms with Crippen LogP contribution in [0.15, 0.2) is 58.4 Å². The predicted molar refractivity (Wildman–Crippen MR) is 111 cm³/mol. The average molecular weight is 360 g/mol. The standard InChI is InChI=1S/C22H24N4O/c1-16-11-13-17(14-12-16)15-23-25-22-24-20-10-6-5-9-19(20)21(27)26(22)18-7-3-2-4-8-18/h5-6,9-15,18H,2-4,7-8H2,1H3,(H,24,25)/b23-15+. The van der Waals surface area contributed by atoms with Gasteiger partial charge in [0.1, 0.15) is 0 Å². The molecule has 0 unspecified atom stereocenters. The molecule has 0 radical (unpaired) electrons. The van der Waals surface area contributed by atoms with E-state index in [1.165, 1.54) is 12.0 Å². The second-order valence-electron chi connectivity index (χ2n) is 7.20. The van der Waals surface area contributed by atoms with Crippen molar-refractivity contribution in [3.8, 4) is 0 Å². The predicted octanol–water partition coefficient (Wildman–Crippen LogP) is 4.66. The molecule has 138 valence electrons. The fourth-order valence-corrected chi connectivity index (χ4v) is 3.72. The Bertz CT molecular complexity index is 1010. The van der Waals surface area contributed by atoms with Crippen LogP contribution in [0.25, 0.3) is 10.9 Å². The highest BCUT2D eigenvalue weighted by Gasteiger charge is 2.21. The Morgan fingerprint density at radius 2 is 1.81 bits per heavy atom. The van der Waals surface area contributed by atoms with Crippen molar-refractivity contribution in [3.05, 3.63) is 70.0 Å². The van der Waals surface area contributed by atoms with Gasteiger partial charge in [0.2, 0.25) is 5.95 Å². The van der Waals surface area contributed by atoms with E-state index in [4.69, 9.17) is 4.98 Å². The first-order chi connectivity index (χ1) is 13.2. The van der Waals surface area contributed by atoms with Gasteiger partial charge in [-0.1, -0.05) is 61.2 Å². The Labute approximate surface area is 158 Å². The molecule has 1 aliphatic carbocycles. The zero-order valence-electron chi connectivity index (χ0n) is 15.6. The number of hydrazone groups is 1. The highest BCUT2D eigenvalue weighted by Crippen LogP contribution is 2.29. The molecule has 0 atom stereocenters. The van der Waals surface area contributed by atoms with Crippen LogP contribution in [0.4, 0.5) is 5.95 Å². The Hall–Kier alpha value is -2.95. The second-order valence-corrected chi connectivity index (χ2v) is 7.20. The number of nitrogens with zero attached hydrogens (tertiary/aromatic N) is 3. The quantitative estimate of drug-likeness (QED) is 0.544. The molecule has 1 N–H and O–H groups in total. The Kier molecular flexibility index (Phi) is 5.01. The summed E-state index contributed by atoms with van der Waals surface area (Å²) in [4.78, 5) is 17.8. The van der Waals surface area contributed by atoms with Crippen LogP contribution in [0, 0.1) is 6.92 Å². The Morgan fingerprint density at radius 3 is 2.59 bits per heavy atom. The van der Waals surface area contributed by atoms with Crippen molar-refractivity contribution in [3.63, 3.8) is 0 Å². The lowest BCUT2D eigenvalue weighted by Crippen LogP contribution is -2.29. The number of nitrogens with one attached hydrogen (secondary N) is 1. The van der Waals surface area contributed by atoms with Crippen LogP contribution in [0.3, 0.4) is 0 Å². The SMILES string of the molecule is Cc1ccc(/C=N/Nc2nc3ccccc3c(=O)n2C2CCCCC2)cc1. The van der Waals surface area contributed by atoms with Crippen molar-refractivity contribution in [2.75, 3.05) is 5.43 Å². The topological polar surface area (TPSA) is 59.3 Å². The van der Waals surface area contributed by atoms with Crippen LogP contribution in [-0.4, -0.2) is 15.8 Å². The molecule has 5 nitrogen and oxygen atoms in total. The molecule has 5 heteroatoms. The molecule has 0 amide bonds. The van der Waals surface area contributed by atoms with Crippen LogP contribution in [0.5, 0.6) is 0 Å². The van der Waals surface area contributed by atoms with E-state index >= 15 is 0 Å². The number of anilines is 1. The Balaban J connectivity index is 1.71. The molecule has 1 aromatic heterocycles. The maximum absolute atomic E-state index is 13.2. The molecule has 0 bridgehead atoms. The molecule has 1 heterocycles. The summed E-state index contributed by atoms with van der Waals surface area (Å²) >= 11 is 0. The summed E-state index contributed by atoms with van der Waals surface area (Å²) in [6.07, 6.45) is 7.31. The maximum atomic E-state index is 13.2. The third-order valence-corrected chi connectivity index (χ3v) is 5.20. The fraction of sp³-hybridized carbons (Fsp3) is 0.318. The summed E-state index contributed by atoms with van der Waals surface area (Å²) < 4.78 is 1.81.